The molecule has 0 saturated heterocycles. The third-order valence-electron chi connectivity index (χ3n) is 2.16. The van der Waals surface area contributed by atoms with Gasteiger partial charge in [-0.3, -0.25) is 0 Å². The number of pyridine rings is 1. The summed E-state index contributed by atoms with van der Waals surface area (Å²) in [6.45, 7) is 0. The van der Waals surface area contributed by atoms with Gasteiger partial charge in [0.1, 0.15) is 10.1 Å². The van der Waals surface area contributed by atoms with Gasteiger partial charge >= 0.3 is 0 Å². The van der Waals surface area contributed by atoms with E-state index in [9.17, 15) is 0 Å². The highest BCUT2D eigenvalue weighted by Crippen LogP contribution is 2.40. The lowest BCUT2D eigenvalue weighted by atomic mass is 10.4. The van der Waals surface area contributed by atoms with E-state index in [4.69, 9.17) is 4.42 Å². The third-order valence-corrected chi connectivity index (χ3v) is 2.61. The van der Waals surface area contributed by atoms with Crippen LogP contribution in [0.5, 0.6) is 0 Å². The molecule has 4 heteroatoms. The molecular weight excluding hydrogens is 232 g/mol. The Bertz CT molecular complexity index is 462. The average Bonchev–Trinajstić information content (AvgIpc) is 2.87. The summed E-state index contributed by atoms with van der Waals surface area (Å²) in [6, 6.07) is 3.79. The maximum absolute atomic E-state index is 5.52. The van der Waals surface area contributed by atoms with Crippen LogP contribution in [0.4, 0.5) is 0 Å². The topological polar surface area (TPSA) is 38.9 Å². The lowest BCUT2D eigenvalue weighted by Gasteiger charge is -1.85. The molecule has 2 aromatic heterocycles. The number of rotatable bonds is 1. The predicted molar refractivity (Wildman–Crippen MR) is 51.5 cm³/mol. The highest BCUT2D eigenvalue weighted by atomic mass is 79.9. The summed E-state index contributed by atoms with van der Waals surface area (Å²) in [7, 11) is 0. The van der Waals surface area contributed by atoms with Crippen LogP contribution in [0, 0.1) is 0 Å². The molecule has 13 heavy (non-hydrogen) atoms. The molecule has 2 aromatic rings. The van der Waals surface area contributed by atoms with E-state index in [1.807, 2.05) is 12.1 Å². The highest BCUT2D eigenvalue weighted by Gasteiger charge is 2.29. The monoisotopic (exact) mass is 238 g/mol. The van der Waals surface area contributed by atoms with Gasteiger partial charge in [-0.15, -0.1) is 0 Å². The van der Waals surface area contributed by atoms with Crippen molar-refractivity contribution in [1.82, 2.24) is 9.97 Å². The molecule has 0 unspecified atom stereocenters. The number of nitrogens with zero attached hydrogens (tertiary/aromatic N) is 2. The van der Waals surface area contributed by atoms with Crippen LogP contribution < -0.4 is 0 Å². The van der Waals surface area contributed by atoms with Crippen molar-refractivity contribution in [3.63, 3.8) is 0 Å². The van der Waals surface area contributed by atoms with E-state index < -0.39 is 0 Å². The Labute approximate surface area is 83.3 Å². The van der Waals surface area contributed by atoms with Crippen molar-refractivity contribution in [3.05, 3.63) is 22.6 Å². The average molecular weight is 239 g/mol. The molecule has 66 valence electrons. The van der Waals surface area contributed by atoms with Crippen LogP contribution in [-0.4, -0.2) is 9.97 Å². The Hall–Kier alpha value is -0.900. The lowest BCUT2D eigenvalue weighted by molar-refractivity contribution is 0.524. The zero-order valence-electron chi connectivity index (χ0n) is 6.83. The molecule has 1 aliphatic carbocycles. The molecule has 0 amide bonds. The third kappa shape index (κ3) is 1.25. The van der Waals surface area contributed by atoms with Crippen LogP contribution >= 0.6 is 15.9 Å². The summed E-state index contributed by atoms with van der Waals surface area (Å²) in [4.78, 5) is 8.56. The first kappa shape index (κ1) is 7.50. The van der Waals surface area contributed by atoms with Gasteiger partial charge < -0.3 is 4.42 Å². The fourth-order valence-corrected chi connectivity index (χ4v) is 1.61. The number of hydrogen-bond acceptors (Lipinski definition) is 3. The number of oxazole rings is 1. The van der Waals surface area contributed by atoms with E-state index in [1.165, 1.54) is 12.8 Å². The fraction of sp³-hybridized carbons (Fsp3) is 0.333. The van der Waals surface area contributed by atoms with Crippen LogP contribution in [0.2, 0.25) is 0 Å². The van der Waals surface area contributed by atoms with Crippen LogP contribution in [0.25, 0.3) is 11.2 Å². The first-order valence-electron chi connectivity index (χ1n) is 4.26. The number of fused-ring (bicyclic) bond motifs is 1. The quantitative estimate of drug-likeness (QED) is 0.718. The van der Waals surface area contributed by atoms with Gasteiger partial charge in [-0.1, -0.05) is 0 Å². The van der Waals surface area contributed by atoms with E-state index in [0.717, 1.165) is 16.0 Å². The summed E-state index contributed by atoms with van der Waals surface area (Å²) in [5.74, 6) is 1.40. The molecule has 0 atom stereocenters. The van der Waals surface area contributed by atoms with Crippen LogP contribution in [-0.2, 0) is 0 Å². The number of hydrogen-bond donors (Lipinski definition) is 0. The SMILES string of the molecule is Brc1ccc2nc(C3CC3)oc2n1. The minimum Gasteiger partial charge on any atom is -0.422 e. The zero-order valence-corrected chi connectivity index (χ0v) is 8.41. The van der Waals surface area contributed by atoms with Gasteiger partial charge in [0.05, 0.1) is 0 Å². The Kier molecular flexibility index (Phi) is 1.47. The second-order valence-electron chi connectivity index (χ2n) is 3.28. The van der Waals surface area contributed by atoms with Gasteiger partial charge in [0.15, 0.2) is 0 Å². The van der Waals surface area contributed by atoms with Crippen LogP contribution in [0.1, 0.15) is 24.7 Å². The first-order chi connectivity index (χ1) is 6.33. The van der Waals surface area contributed by atoms with Crippen molar-refractivity contribution in [2.45, 2.75) is 18.8 Å². The van der Waals surface area contributed by atoms with Gasteiger partial charge in [-0.2, -0.15) is 0 Å². The maximum Gasteiger partial charge on any atom is 0.248 e. The molecule has 0 bridgehead atoms. The maximum atomic E-state index is 5.52. The normalized spacial score (nSPS) is 16.7. The Morgan fingerprint density at radius 1 is 1.31 bits per heavy atom. The van der Waals surface area contributed by atoms with Gasteiger partial charge in [0.25, 0.3) is 0 Å². The molecule has 0 spiro atoms. The van der Waals surface area contributed by atoms with Gasteiger partial charge in [0, 0.05) is 5.92 Å². The van der Waals surface area contributed by atoms with E-state index in [-0.39, 0.29) is 0 Å². The zero-order chi connectivity index (χ0) is 8.84. The van der Waals surface area contributed by atoms with E-state index in [0.29, 0.717) is 11.6 Å². The van der Waals surface area contributed by atoms with Crippen molar-refractivity contribution < 1.29 is 4.42 Å². The van der Waals surface area contributed by atoms with E-state index >= 15 is 0 Å². The molecular formula is C9H7BrN2O. The van der Waals surface area contributed by atoms with Crippen LogP contribution in [0.15, 0.2) is 21.2 Å². The van der Waals surface area contributed by atoms with Gasteiger partial charge in [-0.05, 0) is 40.9 Å². The number of halogens is 1. The molecule has 3 rings (SSSR count). The summed E-state index contributed by atoms with van der Waals surface area (Å²) in [5.41, 5.74) is 1.49. The van der Waals surface area contributed by atoms with Crippen molar-refractivity contribution >= 4 is 27.2 Å². The largest absolute Gasteiger partial charge is 0.422 e. The van der Waals surface area contributed by atoms with Crippen molar-refractivity contribution in [3.8, 4) is 0 Å². The minimum atomic E-state index is 0.549. The molecule has 1 fully saturated rings. The molecule has 3 nitrogen and oxygen atoms in total. The Morgan fingerprint density at radius 2 is 2.15 bits per heavy atom. The summed E-state index contributed by atoms with van der Waals surface area (Å²) >= 11 is 3.30. The summed E-state index contributed by atoms with van der Waals surface area (Å²) < 4.78 is 6.31. The molecule has 1 aliphatic rings. The Balaban J connectivity index is 2.20. The highest BCUT2D eigenvalue weighted by molar-refractivity contribution is 9.10. The summed E-state index contributed by atoms with van der Waals surface area (Å²) in [6.07, 6.45) is 2.40. The molecule has 1 saturated carbocycles. The standard InChI is InChI=1S/C9H7BrN2O/c10-7-4-3-6-9(12-7)13-8(11-6)5-1-2-5/h3-5H,1-2H2. The lowest BCUT2D eigenvalue weighted by Crippen LogP contribution is -1.75. The predicted octanol–water partition coefficient (Wildman–Crippen LogP) is 2.86. The smallest absolute Gasteiger partial charge is 0.248 e. The van der Waals surface area contributed by atoms with E-state index in [2.05, 4.69) is 25.9 Å². The molecule has 2 heterocycles. The van der Waals surface area contributed by atoms with Crippen LogP contribution in [0.3, 0.4) is 0 Å². The van der Waals surface area contributed by atoms with Crippen molar-refractivity contribution in [2.75, 3.05) is 0 Å². The van der Waals surface area contributed by atoms with Crippen molar-refractivity contribution in [1.29, 1.82) is 0 Å². The fourth-order valence-electron chi connectivity index (χ4n) is 1.32. The van der Waals surface area contributed by atoms with Gasteiger partial charge in [0.2, 0.25) is 11.6 Å². The number of aromatic nitrogens is 2. The molecule has 0 radical (unpaired) electrons. The Morgan fingerprint density at radius 3 is 2.92 bits per heavy atom. The second kappa shape index (κ2) is 2.54. The molecule has 0 N–H and O–H groups in total. The van der Waals surface area contributed by atoms with Gasteiger partial charge in [-0.25, -0.2) is 9.97 Å². The molecule has 0 aliphatic heterocycles. The molecule has 0 aromatic carbocycles. The van der Waals surface area contributed by atoms with Crippen molar-refractivity contribution in [2.24, 2.45) is 0 Å². The first-order valence-corrected chi connectivity index (χ1v) is 5.05. The second-order valence-corrected chi connectivity index (χ2v) is 4.10. The summed E-state index contributed by atoms with van der Waals surface area (Å²) in [5, 5.41) is 0. The minimum absolute atomic E-state index is 0.549. The van der Waals surface area contributed by atoms with E-state index in [1.54, 1.807) is 0 Å².